The first-order chi connectivity index (χ1) is 21.2. The lowest BCUT2D eigenvalue weighted by atomic mass is 9.80. The zero-order valence-corrected chi connectivity index (χ0v) is 26.1. The molecule has 2 aromatic heterocycles. The van der Waals surface area contributed by atoms with Crippen LogP contribution in [0.25, 0.3) is 5.52 Å². The van der Waals surface area contributed by atoms with Crippen LogP contribution in [-0.2, 0) is 38.5 Å². The van der Waals surface area contributed by atoms with E-state index in [1.54, 1.807) is 39.0 Å². The van der Waals surface area contributed by atoms with Crippen LogP contribution in [0.15, 0.2) is 42.5 Å². The molecule has 0 spiro atoms. The molecule has 4 N–H and O–H groups in total. The number of aliphatic hydroxyl groups is 1. The number of nitrogens with zero attached hydrogens (tertiary/aromatic N) is 4. The van der Waals surface area contributed by atoms with Crippen LogP contribution in [0, 0.1) is 23.3 Å². The first-order valence-corrected chi connectivity index (χ1v) is 15.5. The molecule has 4 rings (SSSR count). The van der Waals surface area contributed by atoms with Crippen molar-refractivity contribution >= 4 is 31.0 Å². The molecule has 1 saturated heterocycles. The molecule has 1 aliphatic heterocycles. The number of carbonyl (C=O) groups is 2. The normalized spacial score (nSPS) is 25.0. The fourth-order valence-electron chi connectivity index (χ4n) is 4.76. The molecule has 1 fully saturated rings. The van der Waals surface area contributed by atoms with E-state index in [4.69, 9.17) is 29.0 Å². The summed E-state index contributed by atoms with van der Waals surface area (Å²) in [7, 11) is -4.44. The molecule has 0 bridgehead atoms. The van der Waals surface area contributed by atoms with Gasteiger partial charge in [-0.15, -0.1) is 5.10 Å². The third kappa shape index (κ3) is 6.63. The van der Waals surface area contributed by atoms with Gasteiger partial charge in [-0.1, -0.05) is 32.0 Å². The number of nitrogen functional groups attached to an aromatic ring is 1. The van der Waals surface area contributed by atoms with Crippen LogP contribution >= 0.6 is 7.75 Å². The van der Waals surface area contributed by atoms with Crippen molar-refractivity contribution < 1.29 is 46.9 Å². The molecule has 3 aromatic rings. The topological polar surface area (TPSA) is 210 Å². The molecule has 0 amide bonds. The molecule has 45 heavy (non-hydrogen) atoms. The maximum Gasteiger partial charge on any atom is 0.459 e. The summed E-state index contributed by atoms with van der Waals surface area (Å²) in [4.78, 5) is 28.6. The molecule has 0 saturated carbocycles. The number of hydrogen-bond donors (Lipinski definition) is 3. The monoisotopic (exact) mass is 648 g/mol. The largest absolute Gasteiger partial charge is 0.465 e. The number of carbonyl (C=O) groups excluding carboxylic acids is 2. The summed E-state index contributed by atoms with van der Waals surface area (Å²) in [6.07, 6.45) is -4.29. The Bertz CT molecular complexity index is 1650. The number of rotatable bonds is 12. The van der Waals surface area contributed by atoms with E-state index in [2.05, 4.69) is 15.2 Å². The van der Waals surface area contributed by atoms with E-state index >= 15 is 0 Å². The SMILES string of the molecule is CCOC(=O)[C@H](C)N[P@@](=O)(OC[C@H]1O[C@@](C#N)(c2ccc3c(N)nc(F)nn23)[C@](C)(O)[C@@H]1OC(=O)C(C)C)Oc1ccccc1. The van der Waals surface area contributed by atoms with Crippen LogP contribution in [0.1, 0.15) is 40.3 Å². The van der Waals surface area contributed by atoms with Gasteiger partial charge in [-0.25, -0.2) is 9.08 Å². The van der Waals surface area contributed by atoms with Gasteiger partial charge in [0.1, 0.15) is 35.1 Å². The minimum atomic E-state index is -4.44. The Kier molecular flexibility index (Phi) is 9.81. The van der Waals surface area contributed by atoms with E-state index in [1.165, 1.54) is 38.1 Å². The highest BCUT2D eigenvalue weighted by Crippen LogP contribution is 2.51. The predicted octanol–water partition coefficient (Wildman–Crippen LogP) is 2.63. The predicted molar refractivity (Wildman–Crippen MR) is 155 cm³/mol. The highest BCUT2D eigenvalue weighted by Gasteiger charge is 2.67. The lowest BCUT2D eigenvalue weighted by Crippen LogP contribution is -2.54. The van der Waals surface area contributed by atoms with Crippen LogP contribution in [-0.4, -0.2) is 68.7 Å². The molecule has 1 aliphatic rings. The fraction of sp³-hybridized carbons (Fsp3) is 0.464. The summed E-state index contributed by atoms with van der Waals surface area (Å²) in [6, 6.07) is 11.4. The van der Waals surface area contributed by atoms with E-state index in [9.17, 15) is 28.9 Å². The summed E-state index contributed by atoms with van der Waals surface area (Å²) in [5.74, 6) is -2.27. The minimum Gasteiger partial charge on any atom is -0.465 e. The third-order valence-electron chi connectivity index (χ3n) is 7.05. The van der Waals surface area contributed by atoms with Crippen LogP contribution in [0.2, 0.25) is 0 Å². The molecule has 15 nitrogen and oxygen atoms in total. The second-order valence-corrected chi connectivity index (χ2v) is 12.4. The molecule has 242 valence electrons. The number of halogens is 1. The minimum absolute atomic E-state index is 0.0641. The van der Waals surface area contributed by atoms with Gasteiger partial charge in [0.05, 0.1) is 24.8 Å². The van der Waals surface area contributed by atoms with Crippen molar-refractivity contribution in [2.24, 2.45) is 5.92 Å². The number of aromatic nitrogens is 3. The standard InChI is InChI=1S/C28H34FN6O9P/c1-6-40-25(37)17(4)34-45(39,44-18-10-8-7-9-11-18)41-14-20-22(42-24(36)16(2)3)27(5,38)28(15-30,43-20)21-13-12-19-23(31)32-26(29)33-35(19)21/h7-13,16-17,20,22,38H,6,14H2,1-5H3,(H,34,39)(H2,31,32,33)/t17-,20+,22+,27+,28-,45+/m0/s1. The molecular formula is C28H34FN6O9P. The van der Waals surface area contributed by atoms with Crippen LogP contribution in [0.3, 0.4) is 0 Å². The lowest BCUT2D eigenvalue weighted by Gasteiger charge is -2.34. The number of benzene rings is 1. The number of ether oxygens (including phenoxy) is 3. The molecule has 6 atom stereocenters. The quantitative estimate of drug-likeness (QED) is 0.191. The van der Waals surface area contributed by atoms with Gasteiger partial charge < -0.3 is 29.6 Å². The molecule has 0 aliphatic carbocycles. The number of esters is 2. The van der Waals surface area contributed by atoms with Crippen molar-refractivity contribution in [1.82, 2.24) is 19.7 Å². The summed E-state index contributed by atoms with van der Waals surface area (Å²) in [5, 5.41) is 28.7. The van der Waals surface area contributed by atoms with Gasteiger partial charge >= 0.3 is 25.8 Å². The smallest absolute Gasteiger partial charge is 0.459 e. The Morgan fingerprint density at radius 3 is 2.56 bits per heavy atom. The zero-order chi connectivity index (χ0) is 33.2. The first-order valence-electron chi connectivity index (χ1n) is 13.9. The van der Waals surface area contributed by atoms with Gasteiger partial charge in [0.25, 0.3) is 0 Å². The third-order valence-corrected chi connectivity index (χ3v) is 8.69. The molecular weight excluding hydrogens is 614 g/mol. The second kappa shape index (κ2) is 13.1. The van der Waals surface area contributed by atoms with E-state index in [0.29, 0.717) is 0 Å². The van der Waals surface area contributed by atoms with Gasteiger partial charge in [0.2, 0.25) is 5.60 Å². The van der Waals surface area contributed by atoms with Crippen LogP contribution in [0.5, 0.6) is 5.75 Å². The number of anilines is 1. The van der Waals surface area contributed by atoms with E-state index in [0.717, 1.165) is 4.52 Å². The molecule has 0 radical (unpaired) electrons. The maximum atomic E-state index is 14.2. The average Bonchev–Trinajstić information content (AvgIpc) is 3.49. The highest BCUT2D eigenvalue weighted by atomic mass is 31.2. The van der Waals surface area contributed by atoms with Crippen molar-refractivity contribution in [3.05, 3.63) is 54.2 Å². The van der Waals surface area contributed by atoms with Gasteiger partial charge in [0, 0.05) is 0 Å². The molecule has 0 unspecified atom stereocenters. The van der Waals surface area contributed by atoms with E-state index in [1.807, 2.05) is 6.07 Å². The van der Waals surface area contributed by atoms with Gasteiger partial charge in [-0.05, 0) is 45.0 Å². The van der Waals surface area contributed by atoms with Gasteiger partial charge in [0.15, 0.2) is 11.9 Å². The summed E-state index contributed by atoms with van der Waals surface area (Å²) < 4.78 is 57.3. The van der Waals surface area contributed by atoms with Crippen LogP contribution < -0.4 is 15.3 Å². The number of fused-ring (bicyclic) bond motifs is 1. The van der Waals surface area contributed by atoms with Crippen molar-refractivity contribution in [1.29, 1.82) is 5.26 Å². The average molecular weight is 649 g/mol. The van der Waals surface area contributed by atoms with Crippen LogP contribution in [0.4, 0.5) is 10.2 Å². The Balaban J connectivity index is 1.75. The number of nitrogens with two attached hydrogens (primary N) is 1. The summed E-state index contributed by atoms with van der Waals surface area (Å²) in [5.41, 5.74) is 1.09. The second-order valence-electron chi connectivity index (χ2n) is 10.7. The number of nitriles is 1. The number of nitrogens with one attached hydrogen (secondary N) is 1. The summed E-state index contributed by atoms with van der Waals surface area (Å²) in [6.45, 7) is 6.66. The van der Waals surface area contributed by atoms with Crippen molar-refractivity contribution in [3.8, 4) is 11.8 Å². The van der Waals surface area contributed by atoms with E-state index in [-0.39, 0.29) is 29.4 Å². The van der Waals surface area contributed by atoms with Crippen molar-refractivity contribution in [2.75, 3.05) is 18.9 Å². The fourth-order valence-corrected chi connectivity index (χ4v) is 6.26. The Hall–Kier alpha value is -4.13. The highest BCUT2D eigenvalue weighted by molar-refractivity contribution is 7.52. The molecule has 1 aromatic carbocycles. The van der Waals surface area contributed by atoms with Crippen molar-refractivity contribution in [2.45, 2.75) is 64.1 Å². The van der Waals surface area contributed by atoms with E-state index < -0.39 is 67.7 Å². The summed E-state index contributed by atoms with van der Waals surface area (Å²) >= 11 is 0. The van der Waals surface area contributed by atoms with Crippen molar-refractivity contribution in [3.63, 3.8) is 0 Å². The Morgan fingerprint density at radius 1 is 1.24 bits per heavy atom. The van der Waals surface area contributed by atoms with Gasteiger partial charge in [-0.2, -0.15) is 19.7 Å². The molecule has 17 heteroatoms. The number of para-hydroxylation sites is 1. The van der Waals surface area contributed by atoms with Gasteiger partial charge in [-0.3, -0.25) is 14.1 Å². The number of hydrogen-bond acceptors (Lipinski definition) is 13. The first kappa shape index (κ1) is 33.8. The zero-order valence-electron chi connectivity index (χ0n) is 25.2. The maximum absolute atomic E-state index is 14.2. The Morgan fingerprint density at radius 2 is 1.93 bits per heavy atom. The molecule has 3 heterocycles. The lowest BCUT2D eigenvalue weighted by molar-refractivity contribution is -0.168. The Labute approximate surface area is 257 Å².